The van der Waals surface area contributed by atoms with E-state index in [1.54, 1.807) is 36.5 Å². The zero-order valence-electron chi connectivity index (χ0n) is 13.1. The largest absolute Gasteiger partial charge is 0.341 e. The number of benzene rings is 1. The molecule has 1 aromatic carbocycles. The van der Waals surface area contributed by atoms with E-state index in [0.29, 0.717) is 6.54 Å². The number of hydrogen-bond donors (Lipinski definition) is 0. The summed E-state index contributed by atoms with van der Waals surface area (Å²) in [6, 6.07) is 10.1. The van der Waals surface area contributed by atoms with Crippen LogP contribution in [0, 0.1) is 5.82 Å². The van der Waals surface area contributed by atoms with Crippen molar-refractivity contribution in [3.63, 3.8) is 0 Å². The van der Waals surface area contributed by atoms with Crippen LogP contribution in [0.25, 0.3) is 10.6 Å². The lowest BCUT2D eigenvalue weighted by Gasteiger charge is -2.16. The summed E-state index contributed by atoms with van der Waals surface area (Å²) in [4.78, 5) is 22.5. The summed E-state index contributed by atoms with van der Waals surface area (Å²) in [7, 11) is 1.71. The molecule has 0 saturated carbocycles. The van der Waals surface area contributed by atoms with Gasteiger partial charge in [0.25, 0.3) is 0 Å². The number of amides is 1. The minimum absolute atomic E-state index is 0.0534. The number of likely N-dealkylation sites (N-methyl/N-ethyl adjacent to an activating group) is 1. The first-order chi connectivity index (χ1) is 11.6. The Balaban J connectivity index is 1.63. The highest BCUT2D eigenvalue weighted by Crippen LogP contribution is 2.23. The highest BCUT2D eigenvalue weighted by atomic mass is 32.1. The summed E-state index contributed by atoms with van der Waals surface area (Å²) in [5.74, 6) is -0.351. The van der Waals surface area contributed by atoms with Crippen LogP contribution in [0.3, 0.4) is 0 Å². The van der Waals surface area contributed by atoms with Gasteiger partial charge < -0.3 is 4.90 Å². The van der Waals surface area contributed by atoms with Gasteiger partial charge in [0.2, 0.25) is 5.91 Å². The molecule has 1 amide bonds. The van der Waals surface area contributed by atoms with E-state index >= 15 is 0 Å². The summed E-state index contributed by atoms with van der Waals surface area (Å²) >= 11 is 1.49. The Morgan fingerprint density at radius 2 is 2.17 bits per heavy atom. The number of rotatable bonds is 5. The van der Waals surface area contributed by atoms with Gasteiger partial charge in [-0.1, -0.05) is 12.1 Å². The highest BCUT2D eigenvalue weighted by molar-refractivity contribution is 7.13. The molecule has 24 heavy (non-hydrogen) atoms. The van der Waals surface area contributed by atoms with Crippen molar-refractivity contribution in [3.05, 3.63) is 71.2 Å². The molecule has 0 saturated heterocycles. The normalized spacial score (nSPS) is 10.6. The predicted molar refractivity (Wildman–Crippen MR) is 91.9 cm³/mol. The highest BCUT2D eigenvalue weighted by Gasteiger charge is 2.13. The lowest BCUT2D eigenvalue weighted by Crippen LogP contribution is -2.27. The molecule has 0 fully saturated rings. The van der Waals surface area contributed by atoms with Crippen LogP contribution in [0.5, 0.6) is 0 Å². The first-order valence-electron chi connectivity index (χ1n) is 7.45. The Hall–Kier alpha value is -2.60. The van der Waals surface area contributed by atoms with Crippen molar-refractivity contribution in [1.29, 1.82) is 0 Å². The van der Waals surface area contributed by atoms with Crippen LogP contribution in [0.2, 0.25) is 0 Å². The number of hydrogen-bond acceptors (Lipinski definition) is 4. The minimum Gasteiger partial charge on any atom is -0.341 e. The quantitative estimate of drug-likeness (QED) is 0.713. The van der Waals surface area contributed by atoms with Gasteiger partial charge >= 0.3 is 0 Å². The number of thiazole rings is 1. The Bertz CT molecular complexity index is 835. The van der Waals surface area contributed by atoms with Crippen LogP contribution >= 0.6 is 11.3 Å². The van der Waals surface area contributed by atoms with Crippen molar-refractivity contribution in [2.75, 3.05) is 7.05 Å². The van der Waals surface area contributed by atoms with E-state index in [-0.39, 0.29) is 18.1 Å². The number of nitrogens with zero attached hydrogens (tertiary/aromatic N) is 3. The SMILES string of the molecule is CN(Cc1cccc(F)c1)C(=O)Cc1csc(-c2cccnc2)n1. The molecule has 0 spiro atoms. The van der Waals surface area contributed by atoms with E-state index in [1.807, 2.05) is 17.5 Å². The van der Waals surface area contributed by atoms with E-state index in [9.17, 15) is 9.18 Å². The predicted octanol–water partition coefficient (Wildman–Crippen LogP) is 3.55. The van der Waals surface area contributed by atoms with Crippen LogP contribution in [-0.2, 0) is 17.8 Å². The Morgan fingerprint density at radius 1 is 1.29 bits per heavy atom. The fourth-order valence-electron chi connectivity index (χ4n) is 2.30. The molecule has 0 aliphatic carbocycles. The third kappa shape index (κ3) is 4.02. The van der Waals surface area contributed by atoms with Crippen molar-refractivity contribution in [3.8, 4) is 10.6 Å². The molecule has 6 heteroatoms. The second-order valence-electron chi connectivity index (χ2n) is 5.44. The molecule has 3 aromatic rings. The van der Waals surface area contributed by atoms with Crippen molar-refractivity contribution in [2.45, 2.75) is 13.0 Å². The summed E-state index contributed by atoms with van der Waals surface area (Å²) in [5, 5.41) is 2.73. The maximum Gasteiger partial charge on any atom is 0.228 e. The third-order valence-electron chi connectivity index (χ3n) is 3.53. The lowest BCUT2D eigenvalue weighted by atomic mass is 10.2. The summed E-state index contributed by atoms with van der Waals surface area (Å²) in [6.45, 7) is 0.371. The fourth-order valence-corrected chi connectivity index (χ4v) is 3.11. The first-order valence-corrected chi connectivity index (χ1v) is 8.33. The molecule has 3 rings (SSSR count). The van der Waals surface area contributed by atoms with Crippen LogP contribution in [0.15, 0.2) is 54.2 Å². The average Bonchev–Trinajstić information content (AvgIpc) is 3.04. The molecule has 0 atom stereocenters. The van der Waals surface area contributed by atoms with Crippen LogP contribution in [-0.4, -0.2) is 27.8 Å². The Morgan fingerprint density at radius 3 is 2.92 bits per heavy atom. The molecular formula is C18H16FN3OS. The van der Waals surface area contributed by atoms with E-state index in [2.05, 4.69) is 9.97 Å². The second kappa shape index (κ2) is 7.31. The maximum absolute atomic E-state index is 13.2. The third-order valence-corrected chi connectivity index (χ3v) is 4.47. The molecule has 2 heterocycles. The zero-order chi connectivity index (χ0) is 16.9. The minimum atomic E-state index is -0.297. The van der Waals surface area contributed by atoms with Crippen LogP contribution in [0.4, 0.5) is 4.39 Å². The number of aromatic nitrogens is 2. The summed E-state index contributed by atoms with van der Waals surface area (Å²) in [5.41, 5.74) is 2.43. The van der Waals surface area contributed by atoms with Gasteiger partial charge in [-0.3, -0.25) is 9.78 Å². The van der Waals surface area contributed by atoms with E-state index in [1.165, 1.54) is 23.5 Å². The second-order valence-corrected chi connectivity index (χ2v) is 6.30. The molecule has 122 valence electrons. The number of carbonyl (C=O) groups excluding carboxylic acids is 1. The van der Waals surface area contributed by atoms with Crippen molar-refractivity contribution in [2.24, 2.45) is 0 Å². The van der Waals surface area contributed by atoms with E-state index < -0.39 is 0 Å². The van der Waals surface area contributed by atoms with Gasteiger partial charge in [-0.25, -0.2) is 9.37 Å². The van der Waals surface area contributed by atoms with Crippen molar-refractivity contribution in [1.82, 2.24) is 14.9 Å². The van der Waals surface area contributed by atoms with Crippen LogP contribution < -0.4 is 0 Å². The lowest BCUT2D eigenvalue weighted by molar-refractivity contribution is -0.129. The summed E-state index contributed by atoms with van der Waals surface area (Å²) in [6.07, 6.45) is 3.69. The Kier molecular flexibility index (Phi) is 4.96. The molecule has 0 aliphatic rings. The topological polar surface area (TPSA) is 46.1 Å². The van der Waals surface area contributed by atoms with Crippen molar-refractivity contribution >= 4 is 17.2 Å². The van der Waals surface area contributed by atoms with Crippen LogP contribution in [0.1, 0.15) is 11.3 Å². The monoisotopic (exact) mass is 341 g/mol. The average molecular weight is 341 g/mol. The number of halogens is 1. The van der Waals surface area contributed by atoms with Gasteiger partial charge in [0.15, 0.2) is 0 Å². The molecule has 0 aliphatic heterocycles. The Labute approximate surface area is 143 Å². The van der Waals surface area contributed by atoms with Gasteiger partial charge in [0.1, 0.15) is 10.8 Å². The molecule has 0 bridgehead atoms. The van der Waals surface area contributed by atoms with Crippen molar-refractivity contribution < 1.29 is 9.18 Å². The standard InChI is InChI=1S/C18H16FN3OS/c1-22(11-13-4-2-6-15(19)8-13)17(23)9-16-12-24-18(21-16)14-5-3-7-20-10-14/h2-8,10,12H,9,11H2,1H3. The molecular weight excluding hydrogens is 325 g/mol. The molecule has 0 unspecified atom stereocenters. The van der Waals surface area contributed by atoms with Gasteiger partial charge in [-0.15, -0.1) is 11.3 Å². The van der Waals surface area contributed by atoms with Gasteiger partial charge in [0, 0.05) is 36.9 Å². The smallest absolute Gasteiger partial charge is 0.228 e. The van der Waals surface area contributed by atoms with E-state index in [4.69, 9.17) is 0 Å². The van der Waals surface area contributed by atoms with E-state index in [0.717, 1.165) is 21.8 Å². The number of carbonyl (C=O) groups is 1. The van der Waals surface area contributed by atoms with Gasteiger partial charge in [-0.2, -0.15) is 0 Å². The first kappa shape index (κ1) is 16.3. The molecule has 4 nitrogen and oxygen atoms in total. The molecule has 0 radical (unpaired) electrons. The molecule has 2 aromatic heterocycles. The fraction of sp³-hybridized carbons (Fsp3) is 0.167. The summed E-state index contributed by atoms with van der Waals surface area (Å²) < 4.78 is 13.2. The number of pyridine rings is 1. The van der Waals surface area contributed by atoms with Gasteiger partial charge in [-0.05, 0) is 29.8 Å². The van der Waals surface area contributed by atoms with Gasteiger partial charge in [0.05, 0.1) is 12.1 Å². The maximum atomic E-state index is 13.2. The molecule has 0 N–H and O–H groups in total. The zero-order valence-corrected chi connectivity index (χ0v) is 14.0.